The van der Waals surface area contributed by atoms with Crippen molar-refractivity contribution in [1.29, 1.82) is 0 Å². The number of nitrogens with one attached hydrogen (secondary N) is 1. The third kappa shape index (κ3) is 4.01. The van der Waals surface area contributed by atoms with Crippen molar-refractivity contribution in [1.82, 2.24) is 4.13 Å². The maximum Gasteiger partial charge on any atom is 0.295 e. The summed E-state index contributed by atoms with van der Waals surface area (Å²) in [7, 11) is -15.4. The minimum Gasteiger partial charge on any atom is -0.282 e. The maximum atomic E-state index is 13.6. The molecule has 0 bridgehead atoms. The smallest absolute Gasteiger partial charge is 0.282 e. The lowest BCUT2D eigenvalue weighted by molar-refractivity contribution is 0.479. The fourth-order valence-electron chi connectivity index (χ4n) is 1.86. The van der Waals surface area contributed by atoms with E-state index in [-0.39, 0.29) is 0 Å². The fourth-order valence-corrected chi connectivity index (χ4v) is 6.16. The molecule has 0 saturated carbocycles. The first-order chi connectivity index (χ1) is 11.4. The highest BCUT2D eigenvalue weighted by molar-refractivity contribution is 8.05. The van der Waals surface area contributed by atoms with E-state index in [2.05, 4.69) is 0 Å². The second-order valence-corrected chi connectivity index (χ2v) is 9.48. The van der Waals surface area contributed by atoms with Crippen molar-refractivity contribution in [2.75, 3.05) is 0 Å². The molecule has 2 aromatic rings. The van der Waals surface area contributed by atoms with Gasteiger partial charge in [-0.3, -0.25) is 4.55 Å². The highest BCUT2D eigenvalue weighted by Crippen LogP contribution is 2.23. The van der Waals surface area contributed by atoms with Crippen molar-refractivity contribution in [3.8, 4) is 0 Å². The summed E-state index contributed by atoms with van der Waals surface area (Å²) in [5, 5.41) is 0. The number of hydrogen-bond acceptors (Lipinski definition) is 6. The summed E-state index contributed by atoms with van der Waals surface area (Å²) in [6.45, 7) is 0. The van der Waals surface area contributed by atoms with Gasteiger partial charge < -0.3 is 0 Å². The van der Waals surface area contributed by atoms with Crippen LogP contribution in [0.15, 0.2) is 57.2 Å². The number of halogens is 2. The largest absolute Gasteiger partial charge is 0.295 e. The Hall–Kier alpha value is -1.93. The zero-order valence-electron chi connectivity index (χ0n) is 11.9. The summed E-state index contributed by atoms with van der Waals surface area (Å²) in [4.78, 5) is -3.77. The van der Waals surface area contributed by atoms with E-state index >= 15 is 0 Å². The summed E-state index contributed by atoms with van der Waals surface area (Å²) in [5.74, 6) is -3.10. The Kier molecular flexibility index (Phi) is 4.98. The molecule has 2 rings (SSSR count). The van der Waals surface area contributed by atoms with Gasteiger partial charge in [0.05, 0.1) is 0 Å². The summed E-state index contributed by atoms with van der Waals surface area (Å²) in [6.07, 6.45) is 0. The van der Waals surface area contributed by atoms with E-state index in [1.165, 1.54) is 0 Å². The van der Waals surface area contributed by atoms with Gasteiger partial charge in [0.2, 0.25) is 0 Å². The lowest BCUT2D eigenvalue weighted by Gasteiger charge is -2.11. The third-order valence-corrected chi connectivity index (χ3v) is 7.48. The summed E-state index contributed by atoms with van der Waals surface area (Å²) < 4.78 is 108. The minimum absolute atomic E-state index is 0.594. The number of benzene rings is 2. The number of hydrogen-bond donors (Lipinski definition) is 2. The van der Waals surface area contributed by atoms with Gasteiger partial charge in [-0.05, 0) is 24.3 Å². The highest BCUT2D eigenvalue weighted by atomic mass is 32.3. The molecule has 0 aliphatic rings. The molecule has 2 N–H and O–H groups in total. The Labute approximate surface area is 142 Å². The first kappa shape index (κ1) is 19.4. The molecule has 136 valence electrons. The van der Waals surface area contributed by atoms with Crippen molar-refractivity contribution in [3.05, 3.63) is 54.1 Å². The van der Waals surface area contributed by atoms with E-state index in [1.807, 2.05) is 0 Å². The molecule has 0 aliphatic carbocycles. The molecule has 2 aromatic carbocycles. The Bertz CT molecular complexity index is 1120. The van der Waals surface area contributed by atoms with Crippen molar-refractivity contribution in [2.45, 2.75) is 14.7 Å². The predicted molar refractivity (Wildman–Crippen MR) is 80.1 cm³/mol. The van der Waals surface area contributed by atoms with Crippen LogP contribution in [0.4, 0.5) is 8.78 Å². The molecule has 13 heteroatoms. The minimum atomic E-state index is -5.25. The quantitative estimate of drug-likeness (QED) is 0.695. The van der Waals surface area contributed by atoms with Crippen molar-refractivity contribution >= 4 is 30.2 Å². The van der Waals surface area contributed by atoms with Gasteiger partial charge in [-0.15, -0.1) is 4.13 Å². The second kappa shape index (κ2) is 6.42. The topological polar surface area (TPSA) is 135 Å². The molecule has 0 aromatic heterocycles. The van der Waals surface area contributed by atoms with Crippen LogP contribution >= 0.6 is 0 Å². The lowest BCUT2D eigenvalue weighted by Crippen LogP contribution is -2.32. The van der Waals surface area contributed by atoms with Gasteiger partial charge in [0.25, 0.3) is 30.2 Å². The molecule has 0 fully saturated rings. The highest BCUT2D eigenvalue weighted by Gasteiger charge is 2.32. The Balaban J connectivity index is 2.61. The zero-order chi connectivity index (χ0) is 19.0. The van der Waals surface area contributed by atoms with E-state index in [1.54, 1.807) is 0 Å². The number of sulfonamides is 2. The number of rotatable bonds is 5. The van der Waals surface area contributed by atoms with Gasteiger partial charge in [0.15, 0.2) is 4.90 Å². The monoisotopic (exact) mass is 413 g/mol. The molecule has 0 heterocycles. The molecule has 8 nitrogen and oxygen atoms in total. The molecule has 25 heavy (non-hydrogen) atoms. The molecule has 0 saturated heterocycles. The van der Waals surface area contributed by atoms with Gasteiger partial charge in [0, 0.05) is 0 Å². The van der Waals surface area contributed by atoms with Gasteiger partial charge in [-0.2, -0.15) is 8.42 Å². The van der Waals surface area contributed by atoms with Gasteiger partial charge in [-0.25, -0.2) is 25.6 Å². The van der Waals surface area contributed by atoms with Crippen molar-refractivity contribution < 1.29 is 38.6 Å². The van der Waals surface area contributed by atoms with E-state index in [9.17, 15) is 34.0 Å². The Morgan fingerprint density at radius 1 is 0.720 bits per heavy atom. The molecule has 0 radical (unpaired) electrons. The Morgan fingerprint density at radius 3 is 1.68 bits per heavy atom. The molecular formula is C12H9F2NO7S3. The standard InChI is InChI=1S/C12H9F2NO7S3/c13-8-4-3-5-9(14)12(8)24(18,19)15-23(16,17)10-6-1-2-7-11(10)25(20,21)22/h1-7,15H,(H,20,21,22). The van der Waals surface area contributed by atoms with E-state index in [0.717, 1.165) is 22.3 Å². The average Bonchev–Trinajstić information content (AvgIpc) is 2.44. The van der Waals surface area contributed by atoms with Gasteiger partial charge in [0.1, 0.15) is 21.4 Å². The van der Waals surface area contributed by atoms with Crippen molar-refractivity contribution in [3.63, 3.8) is 0 Å². The van der Waals surface area contributed by atoms with Crippen LogP contribution in [0.25, 0.3) is 0 Å². The fraction of sp³-hybridized carbons (Fsp3) is 0. The van der Waals surface area contributed by atoms with Crippen LogP contribution in [0.5, 0.6) is 0 Å². The molecule has 0 atom stereocenters. The van der Waals surface area contributed by atoms with Crippen LogP contribution in [0.1, 0.15) is 0 Å². The van der Waals surface area contributed by atoms with E-state index < -0.39 is 56.5 Å². The van der Waals surface area contributed by atoms with Crippen LogP contribution in [-0.4, -0.2) is 29.8 Å². The molecule has 0 spiro atoms. The summed E-state index contributed by atoms with van der Waals surface area (Å²) >= 11 is 0. The van der Waals surface area contributed by atoms with Crippen LogP contribution < -0.4 is 4.13 Å². The average molecular weight is 413 g/mol. The van der Waals surface area contributed by atoms with E-state index in [4.69, 9.17) is 4.55 Å². The SMILES string of the molecule is O=S(=O)(O)c1ccccc1S(=O)(=O)NS(=O)(=O)c1c(F)cccc1F. The maximum absolute atomic E-state index is 13.6. The van der Waals surface area contributed by atoms with Crippen LogP contribution in [0.2, 0.25) is 0 Å². The van der Waals surface area contributed by atoms with Crippen LogP contribution in [0.3, 0.4) is 0 Å². The Morgan fingerprint density at radius 2 is 1.20 bits per heavy atom. The second-order valence-electron chi connectivity index (χ2n) is 4.56. The molecule has 0 amide bonds. The van der Waals surface area contributed by atoms with E-state index in [0.29, 0.717) is 24.3 Å². The summed E-state index contributed by atoms with van der Waals surface area (Å²) in [5.41, 5.74) is 0. The van der Waals surface area contributed by atoms with Gasteiger partial charge >= 0.3 is 0 Å². The summed E-state index contributed by atoms with van der Waals surface area (Å²) in [6, 6.07) is 5.59. The van der Waals surface area contributed by atoms with Crippen molar-refractivity contribution in [2.24, 2.45) is 0 Å². The predicted octanol–water partition coefficient (Wildman–Crippen LogP) is 0.879. The molecular weight excluding hydrogens is 404 g/mol. The third-order valence-electron chi connectivity index (χ3n) is 2.82. The lowest BCUT2D eigenvalue weighted by atomic mass is 10.3. The molecule has 0 unspecified atom stereocenters. The zero-order valence-corrected chi connectivity index (χ0v) is 14.4. The van der Waals surface area contributed by atoms with Crippen LogP contribution in [-0.2, 0) is 30.2 Å². The normalized spacial score (nSPS) is 12.9. The van der Waals surface area contributed by atoms with Crippen LogP contribution in [0, 0.1) is 11.6 Å². The first-order valence-corrected chi connectivity index (χ1v) is 10.6. The first-order valence-electron chi connectivity index (χ1n) is 6.15. The molecule has 0 aliphatic heterocycles. The van der Waals surface area contributed by atoms with Gasteiger partial charge in [-0.1, -0.05) is 18.2 Å².